The Morgan fingerprint density at radius 3 is 2.55 bits per heavy atom. The Bertz CT molecular complexity index is 513. The maximum Gasteiger partial charge on any atom is 0.308 e. The second-order valence-corrected chi connectivity index (χ2v) is 5.71. The van der Waals surface area contributed by atoms with Gasteiger partial charge in [-0.1, -0.05) is 29.3 Å². The predicted octanol–water partition coefficient (Wildman–Crippen LogP) is 2.86. The lowest BCUT2D eigenvalue weighted by molar-refractivity contribution is -0.145. The Balaban J connectivity index is 2.06. The number of likely N-dealkylation sites (tertiary alicyclic amines) is 1. The molecule has 0 aromatic heterocycles. The fourth-order valence-corrected chi connectivity index (χ4v) is 2.90. The number of benzene rings is 1. The van der Waals surface area contributed by atoms with E-state index >= 15 is 0 Å². The predicted molar refractivity (Wildman–Crippen MR) is 77.1 cm³/mol. The highest BCUT2D eigenvalue weighted by atomic mass is 35.5. The van der Waals surface area contributed by atoms with Crippen LogP contribution in [0, 0.1) is 5.92 Å². The molecule has 6 heteroatoms. The number of amides is 1. The first-order valence-corrected chi connectivity index (χ1v) is 7.18. The van der Waals surface area contributed by atoms with Gasteiger partial charge < -0.3 is 10.0 Å². The first kappa shape index (κ1) is 15.1. The largest absolute Gasteiger partial charge is 0.481 e. The van der Waals surface area contributed by atoms with E-state index < -0.39 is 11.9 Å². The third-order valence-electron chi connectivity index (χ3n) is 3.51. The van der Waals surface area contributed by atoms with Crippen molar-refractivity contribution in [2.45, 2.75) is 19.3 Å². The lowest BCUT2D eigenvalue weighted by Crippen LogP contribution is -2.43. The number of hydrogen-bond donors (Lipinski definition) is 1. The molecule has 0 unspecified atom stereocenters. The van der Waals surface area contributed by atoms with Crippen molar-refractivity contribution >= 4 is 35.1 Å². The average Bonchev–Trinajstić information content (AvgIpc) is 2.43. The molecular weight excluding hydrogens is 301 g/mol. The molecule has 1 saturated heterocycles. The lowest BCUT2D eigenvalue weighted by Gasteiger charge is -2.31. The molecule has 1 aromatic carbocycles. The van der Waals surface area contributed by atoms with Crippen molar-refractivity contribution in [2.24, 2.45) is 5.92 Å². The van der Waals surface area contributed by atoms with E-state index in [0.717, 1.165) is 0 Å². The summed E-state index contributed by atoms with van der Waals surface area (Å²) in [5.41, 5.74) is 0.596. The molecule has 0 spiro atoms. The summed E-state index contributed by atoms with van der Waals surface area (Å²) >= 11 is 12.1. The number of aliphatic carboxylic acids is 1. The van der Waals surface area contributed by atoms with Gasteiger partial charge in [-0.15, -0.1) is 0 Å². The van der Waals surface area contributed by atoms with Gasteiger partial charge in [0.2, 0.25) is 5.91 Å². The number of piperidine rings is 1. The third-order valence-corrected chi connectivity index (χ3v) is 4.22. The number of halogens is 2. The van der Waals surface area contributed by atoms with Crippen molar-refractivity contribution in [3.05, 3.63) is 33.8 Å². The highest BCUT2D eigenvalue weighted by Gasteiger charge is 2.28. The van der Waals surface area contributed by atoms with Gasteiger partial charge >= 0.3 is 5.97 Å². The first-order valence-electron chi connectivity index (χ1n) is 6.42. The number of carbonyl (C=O) groups excluding carboxylic acids is 1. The first-order chi connectivity index (χ1) is 9.49. The summed E-state index contributed by atoms with van der Waals surface area (Å²) in [7, 11) is 0. The molecule has 1 heterocycles. The van der Waals surface area contributed by atoms with Crippen LogP contribution < -0.4 is 0 Å². The van der Waals surface area contributed by atoms with Crippen LogP contribution in [0.3, 0.4) is 0 Å². The van der Waals surface area contributed by atoms with Crippen molar-refractivity contribution in [1.82, 2.24) is 4.90 Å². The summed E-state index contributed by atoms with van der Waals surface area (Å²) < 4.78 is 0. The molecule has 0 bridgehead atoms. The summed E-state index contributed by atoms with van der Waals surface area (Å²) in [4.78, 5) is 24.8. The maximum absolute atomic E-state index is 12.3. The van der Waals surface area contributed by atoms with Gasteiger partial charge in [-0.25, -0.2) is 0 Å². The molecule has 0 radical (unpaired) electrons. The molecule has 108 valence electrons. The summed E-state index contributed by atoms with van der Waals surface area (Å²) in [5, 5.41) is 9.95. The zero-order chi connectivity index (χ0) is 14.7. The molecule has 2 rings (SSSR count). The Morgan fingerprint density at radius 1 is 1.30 bits per heavy atom. The molecule has 1 aliphatic heterocycles. The van der Waals surface area contributed by atoms with Crippen LogP contribution >= 0.6 is 23.2 Å². The molecule has 1 aromatic rings. The van der Waals surface area contributed by atoms with Crippen LogP contribution in [0.2, 0.25) is 10.0 Å². The topological polar surface area (TPSA) is 57.6 Å². The second kappa shape index (κ2) is 6.46. The normalized spacial score (nSPS) is 18.9. The Hall–Kier alpha value is -1.26. The van der Waals surface area contributed by atoms with Gasteiger partial charge in [0.05, 0.1) is 12.3 Å². The molecule has 1 amide bonds. The average molecular weight is 316 g/mol. The molecule has 0 aliphatic carbocycles. The van der Waals surface area contributed by atoms with Crippen LogP contribution in [-0.4, -0.2) is 35.0 Å². The van der Waals surface area contributed by atoms with Gasteiger partial charge in [0.25, 0.3) is 0 Å². The molecule has 20 heavy (non-hydrogen) atoms. The van der Waals surface area contributed by atoms with Crippen molar-refractivity contribution in [2.75, 3.05) is 13.1 Å². The monoisotopic (exact) mass is 315 g/mol. The molecule has 0 saturated carbocycles. The van der Waals surface area contributed by atoms with E-state index in [1.807, 2.05) is 0 Å². The van der Waals surface area contributed by atoms with Crippen LogP contribution in [0.15, 0.2) is 18.2 Å². The number of hydrogen-bond acceptors (Lipinski definition) is 2. The van der Waals surface area contributed by atoms with E-state index in [4.69, 9.17) is 28.3 Å². The van der Waals surface area contributed by atoms with E-state index in [0.29, 0.717) is 35.0 Å². The van der Waals surface area contributed by atoms with Crippen molar-refractivity contribution < 1.29 is 14.7 Å². The van der Waals surface area contributed by atoms with E-state index in [1.165, 1.54) is 0 Å². The Labute approximate surface area is 127 Å². The van der Waals surface area contributed by atoms with E-state index in [9.17, 15) is 9.59 Å². The number of rotatable bonds is 3. The Morgan fingerprint density at radius 2 is 1.95 bits per heavy atom. The summed E-state index contributed by atoms with van der Waals surface area (Å²) in [6.07, 6.45) is 1.43. The molecule has 1 atom stereocenters. The molecule has 4 nitrogen and oxygen atoms in total. The van der Waals surface area contributed by atoms with Crippen molar-refractivity contribution in [3.8, 4) is 0 Å². The van der Waals surface area contributed by atoms with Gasteiger partial charge in [0.1, 0.15) is 0 Å². The van der Waals surface area contributed by atoms with E-state index in [2.05, 4.69) is 0 Å². The smallest absolute Gasteiger partial charge is 0.308 e. The van der Waals surface area contributed by atoms with Crippen molar-refractivity contribution in [1.29, 1.82) is 0 Å². The third kappa shape index (κ3) is 3.44. The minimum Gasteiger partial charge on any atom is -0.481 e. The van der Waals surface area contributed by atoms with Crippen LogP contribution in [0.4, 0.5) is 0 Å². The molecule has 1 fully saturated rings. The summed E-state index contributed by atoms with van der Waals surface area (Å²) in [5.74, 6) is -1.46. The Kier molecular flexibility index (Phi) is 4.89. The van der Waals surface area contributed by atoms with Crippen LogP contribution in [-0.2, 0) is 16.0 Å². The highest BCUT2D eigenvalue weighted by Crippen LogP contribution is 2.26. The quantitative estimate of drug-likeness (QED) is 0.933. The maximum atomic E-state index is 12.3. The zero-order valence-corrected chi connectivity index (χ0v) is 12.3. The number of carboxylic acid groups (broad SMARTS) is 1. The molecule has 1 N–H and O–H groups in total. The second-order valence-electron chi connectivity index (χ2n) is 4.89. The fourth-order valence-electron chi connectivity index (χ4n) is 2.37. The van der Waals surface area contributed by atoms with Crippen LogP contribution in [0.1, 0.15) is 18.4 Å². The minimum atomic E-state index is -0.849. The standard InChI is InChI=1S/C14H15Cl2NO3/c15-11-4-1-5-12(16)10(11)7-13(18)17-6-2-3-9(8-17)14(19)20/h1,4-5,9H,2-3,6-8H2,(H,19,20)/t9-/m1/s1. The summed E-state index contributed by atoms with van der Waals surface area (Å²) in [6, 6.07) is 5.10. The van der Waals surface area contributed by atoms with E-state index in [1.54, 1.807) is 23.1 Å². The van der Waals surface area contributed by atoms with Crippen LogP contribution in [0.5, 0.6) is 0 Å². The highest BCUT2D eigenvalue weighted by molar-refractivity contribution is 6.36. The fraction of sp³-hybridized carbons (Fsp3) is 0.429. The molecular formula is C14H15Cl2NO3. The SMILES string of the molecule is O=C(O)[C@@H]1CCCN(C(=O)Cc2c(Cl)cccc2Cl)C1. The van der Waals surface area contributed by atoms with Crippen LogP contribution in [0.25, 0.3) is 0 Å². The van der Waals surface area contributed by atoms with Gasteiger partial charge in [-0.3, -0.25) is 9.59 Å². The zero-order valence-electron chi connectivity index (χ0n) is 10.8. The van der Waals surface area contributed by atoms with Gasteiger partial charge in [-0.2, -0.15) is 0 Å². The number of nitrogens with zero attached hydrogens (tertiary/aromatic N) is 1. The van der Waals surface area contributed by atoms with Gasteiger partial charge in [0, 0.05) is 23.1 Å². The summed E-state index contributed by atoms with van der Waals surface area (Å²) in [6.45, 7) is 0.848. The molecule has 1 aliphatic rings. The van der Waals surface area contributed by atoms with Gasteiger partial charge in [0.15, 0.2) is 0 Å². The minimum absolute atomic E-state index is 0.102. The lowest BCUT2D eigenvalue weighted by atomic mass is 9.97. The van der Waals surface area contributed by atoms with Crippen molar-refractivity contribution in [3.63, 3.8) is 0 Å². The number of carbonyl (C=O) groups is 2. The number of carboxylic acids is 1. The van der Waals surface area contributed by atoms with E-state index in [-0.39, 0.29) is 18.9 Å². The van der Waals surface area contributed by atoms with Gasteiger partial charge in [-0.05, 0) is 30.5 Å².